The lowest BCUT2D eigenvalue weighted by Gasteiger charge is -2.34. The Hall–Kier alpha value is -0.0800. The molecule has 1 aliphatic carbocycles. The van der Waals surface area contributed by atoms with Crippen molar-refractivity contribution in [1.82, 2.24) is 10.2 Å². The van der Waals surface area contributed by atoms with Crippen LogP contribution in [-0.4, -0.2) is 36.1 Å². The van der Waals surface area contributed by atoms with Gasteiger partial charge in [-0.25, -0.2) is 0 Å². The molecule has 16 heavy (non-hydrogen) atoms. The normalized spacial score (nSPS) is 35.6. The van der Waals surface area contributed by atoms with Crippen LogP contribution in [-0.2, 0) is 0 Å². The number of nitrogens with one attached hydrogen (secondary N) is 1. The van der Waals surface area contributed by atoms with Gasteiger partial charge in [-0.15, -0.1) is 0 Å². The molecule has 0 bridgehead atoms. The molecular weight excluding hydrogens is 196 g/mol. The Balaban J connectivity index is 1.94. The molecule has 0 amide bonds. The molecule has 1 saturated heterocycles. The zero-order chi connectivity index (χ0) is 11.4. The summed E-state index contributed by atoms with van der Waals surface area (Å²) in [6.45, 7) is 7.21. The quantitative estimate of drug-likeness (QED) is 0.689. The summed E-state index contributed by atoms with van der Waals surface area (Å²) in [7, 11) is 0. The van der Waals surface area contributed by atoms with E-state index in [9.17, 15) is 0 Å². The molecule has 2 aliphatic rings. The van der Waals surface area contributed by atoms with Crippen LogP contribution in [0.5, 0.6) is 0 Å². The standard InChI is InChI=1S/C14H28N2/c1-12-9-10-16(13(2)11-15-12)14-7-5-3-4-6-8-14/h12-15H,3-11H2,1-2H3. The molecule has 1 heterocycles. The Morgan fingerprint density at radius 1 is 0.938 bits per heavy atom. The van der Waals surface area contributed by atoms with Gasteiger partial charge in [0.25, 0.3) is 0 Å². The molecule has 94 valence electrons. The number of nitrogens with zero attached hydrogens (tertiary/aromatic N) is 1. The predicted molar refractivity (Wildman–Crippen MR) is 69.7 cm³/mol. The van der Waals surface area contributed by atoms with Crippen LogP contribution in [0.25, 0.3) is 0 Å². The van der Waals surface area contributed by atoms with Gasteiger partial charge >= 0.3 is 0 Å². The smallest absolute Gasteiger partial charge is 0.0195 e. The van der Waals surface area contributed by atoms with Gasteiger partial charge in [-0.3, -0.25) is 4.90 Å². The van der Waals surface area contributed by atoms with Crippen molar-refractivity contribution < 1.29 is 0 Å². The molecule has 2 atom stereocenters. The van der Waals surface area contributed by atoms with Crippen molar-refractivity contribution >= 4 is 0 Å². The predicted octanol–water partition coefficient (Wildman–Crippen LogP) is 2.78. The van der Waals surface area contributed by atoms with E-state index in [-0.39, 0.29) is 0 Å². The highest BCUT2D eigenvalue weighted by molar-refractivity contribution is 4.84. The molecule has 2 nitrogen and oxygen atoms in total. The van der Waals surface area contributed by atoms with Gasteiger partial charge in [0.05, 0.1) is 0 Å². The number of rotatable bonds is 1. The van der Waals surface area contributed by atoms with Gasteiger partial charge in [-0.1, -0.05) is 25.7 Å². The van der Waals surface area contributed by atoms with E-state index < -0.39 is 0 Å². The van der Waals surface area contributed by atoms with Crippen LogP contribution in [0.4, 0.5) is 0 Å². The van der Waals surface area contributed by atoms with E-state index in [1.54, 1.807) is 0 Å². The van der Waals surface area contributed by atoms with E-state index in [0.717, 1.165) is 12.1 Å². The van der Waals surface area contributed by atoms with E-state index in [2.05, 4.69) is 24.1 Å². The van der Waals surface area contributed by atoms with E-state index in [1.807, 2.05) is 0 Å². The largest absolute Gasteiger partial charge is 0.313 e. The maximum Gasteiger partial charge on any atom is 0.0195 e. The highest BCUT2D eigenvalue weighted by Crippen LogP contribution is 2.24. The maximum atomic E-state index is 3.64. The zero-order valence-corrected chi connectivity index (χ0v) is 11.0. The molecule has 1 N–H and O–H groups in total. The second kappa shape index (κ2) is 6.02. The number of hydrogen-bond donors (Lipinski definition) is 1. The highest BCUT2D eigenvalue weighted by Gasteiger charge is 2.26. The highest BCUT2D eigenvalue weighted by atomic mass is 15.2. The third-order valence-corrected chi connectivity index (χ3v) is 4.44. The van der Waals surface area contributed by atoms with Crippen LogP contribution in [0.3, 0.4) is 0 Å². The minimum Gasteiger partial charge on any atom is -0.313 e. The fourth-order valence-corrected chi connectivity index (χ4v) is 3.29. The van der Waals surface area contributed by atoms with Gasteiger partial charge in [0.15, 0.2) is 0 Å². The first kappa shape index (κ1) is 12.4. The van der Waals surface area contributed by atoms with Gasteiger partial charge in [0.2, 0.25) is 0 Å². The number of hydrogen-bond acceptors (Lipinski definition) is 2. The summed E-state index contributed by atoms with van der Waals surface area (Å²) in [5.74, 6) is 0. The average Bonchev–Trinajstić information content (AvgIpc) is 2.61. The second-order valence-corrected chi connectivity index (χ2v) is 5.83. The third kappa shape index (κ3) is 3.21. The molecule has 0 aromatic carbocycles. The van der Waals surface area contributed by atoms with Crippen molar-refractivity contribution in [1.29, 1.82) is 0 Å². The molecule has 2 heteroatoms. The molecule has 0 aromatic rings. The first-order valence-corrected chi connectivity index (χ1v) is 7.26. The van der Waals surface area contributed by atoms with Crippen molar-refractivity contribution in [2.75, 3.05) is 13.1 Å². The van der Waals surface area contributed by atoms with Crippen molar-refractivity contribution in [3.8, 4) is 0 Å². The van der Waals surface area contributed by atoms with Crippen molar-refractivity contribution in [3.05, 3.63) is 0 Å². The molecule has 2 unspecified atom stereocenters. The van der Waals surface area contributed by atoms with Crippen LogP contribution in [0.1, 0.15) is 58.8 Å². The SMILES string of the molecule is CC1CCN(C2CCCCCC2)C(C)CN1. The summed E-state index contributed by atoms with van der Waals surface area (Å²) in [6.07, 6.45) is 10.0. The summed E-state index contributed by atoms with van der Waals surface area (Å²) in [5, 5.41) is 3.64. The molecule has 1 saturated carbocycles. The van der Waals surface area contributed by atoms with Gasteiger partial charge in [0.1, 0.15) is 0 Å². The topological polar surface area (TPSA) is 15.3 Å². The van der Waals surface area contributed by atoms with Crippen LogP contribution >= 0.6 is 0 Å². The zero-order valence-electron chi connectivity index (χ0n) is 11.0. The van der Waals surface area contributed by atoms with E-state index >= 15 is 0 Å². The van der Waals surface area contributed by atoms with E-state index in [1.165, 1.54) is 58.0 Å². The van der Waals surface area contributed by atoms with E-state index in [4.69, 9.17) is 0 Å². The Morgan fingerprint density at radius 2 is 1.62 bits per heavy atom. The Labute approximate surface area is 101 Å². The van der Waals surface area contributed by atoms with E-state index in [0.29, 0.717) is 6.04 Å². The van der Waals surface area contributed by atoms with Crippen LogP contribution in [0.2, 0.25) is 0 Å². The maximum absolute atomic E-state index is 3.64. The summed E-state index contributed by atoms with van der Waals surface area (Å²) in [6, 6.07) is 2.32. The molecule has 2 fully saturated rings. The lowest BCUT2D eigenvalue weighted by Crippen LogP contribution is -2.44. The summed E-state index contributed by atoms with van der Waals surface area (Å²) >= 11 is 0. The minimum absolute atomic E-state index is 0.707. The van der Waals surface area contributed by atoms with Crippen LogP contribution in [0, 0.1) is 0 Å². The second-order valence-electron chi connectivity index (χ2n) is 5.83. The summed E-state index contributed by atoms with van der Waals surface area (Å²) in [4.78, 5) is 2.79. The molecule has 0 radical (unpaired) electrons. The fraction of sp³-hybridized carbons (Fsp3) is 1.00. The van der Waals surface area contributed by atoms with Crippen LogP contribution in [0.15, 0.2) is 0 Å². The first-order valence-electron chi connectivity index (χ1n) is 7.26. The van der Waals surface area contributed by atoms with Gasteiger partial charge in [-0.2, -0.15) is 0 Å². The molecule has 0 spiro atoms. The summed E-state index contributed by atoms with van der Waals surface area (Å²) in [5.41, 5.74) is 0. The average molecular weight is 224 g/mol. The Bertz CT molecular complexity index is 197. The lowest BCUT2D eigenvalue weighted by atomic mass is 10.0. The van der Waals surface area contributed by atoms with Crippen molar-refractivity contribution in [2.45, 2.75) is 76.9 Å². The van der Waals surface area contributed by atoms with Gasteiger partial charge < -0.3 is 5.32 Å². The minimum atomic E-state index is 0.707. The molecular formula is C14H28N2. The monoisotopic (exact) mass is 224 g/mol. The molecule has 0 aromatic heterocycles. The Morgan fingerprint density at radius 3 is 2.31 bits per heavy atom. The first-order chi connectivity index (χ1) is 7.77. The summed E-state index contributed by atoms with van der Waals surface area (Å²) < 4.78 is 0. The van der Waals surface area contributed by atoms with Crippen molar-refractivity contribution in [2.24, 2.45) is 0 Å². The van der Waals surface area contributed by atoms with Crippen molar-refractivity contribution in [3.63, 3.8) is 0 Å². The molecule has 2 rings (SSSR count). The molecule has 1 aliphatic heterocycles. The van der Waals surface area contributed by atoms with Crippen LogP contribution < -0.4 is 5.32 Å². The van der Waals surface area contributed by atoms with Gasteiger partial charge in [-0.05, 0) is 33.1 Å². The Kier molecular flexibility index (Phi) is 4.66. The lowest BCUT2D eigenvalue weighted by molar-refractivity contribution is 0.139. The fourth-order valence-electron chi connectivity index (χ4n) is 3.29. The third-order valence-electron chi connectivity index (χ3n) is 4.44. The van der Waals surface area contributed by atoms with Gasteiger partial charge in [0, 0.05) is 31.2 Å².